The fourth-order valence-electron chi connectivity index (χ4n) is 4.93. The van der Waals surface area contributed by atoms with Crippen molar-refractivity contribution in [2.75, 3.05) is 23.2 Å². The van der Waals surface area contributed by atoms with Gasteiger partial charge in [-0.25, -0.2) is 0 Å². The number of nitrogens with zero attached hydrogens (tertiary/aromatic N) is 4. The maximum absolute atomic E-state index is 13.2. The van der Waals surface area contributed by atoms with E-state index in [2.05, 4.69) is 10.2 Å². The van der Waals surface area contributed by atoms with E-state index in [1.165, 1.54) is 10.0 Å². The zero-order valence-corrected chi connectivity index (χ0v) is 24.4. The minimum Gasteiger partial charge on any atom is -0.489 e. The van der Waals surface area contributed by atoms with Crippen molar-refractivity contribution in [3.63, 3.8) is 0 Å². The number of hydrogen-bond acceptors (Lipinski definition) is 6. The van der Waals surface area contributed by atoms with Crippen LogP contribution in [0.1, 0.15) is 25.0 Å². The van der Waals surface area contributed by atoms with Gasteiger partial charge in [0.1, 0.15) is 24.7 Å². The molecule has 8 heteroatoms. The highest BCUT2D eigenvalue weighted by atomic mass is 16.5. The highest BCUT2D eigenvalue weighted by molar-refractivity contribution is 6.33. The number of hydrazone groups is 2. The minimum atomic E-state index is -0.189. The van der Waals surface area contributed by atoms with Crippen molar-refractivity contribution >= 4 is 46.8 Å². The zero-order valence-electron chi connectivity index (χ0n) is 24.4. The fraction of sp³-hybridized carbons (Fsp3) is 0.111. The maximum atomic E-state index is 13.2. The third-order valence-electron chi connectivity index (χ3n) is 7.16. The quantitative estimate of drug-likeness (QED) is 0.161. The van der Waals surface area contributed by atoms with E-state index >= 15 is 0 Å². The van der Waals surface area contributed by atoms with Crippen molar-refractivity contribution in [2.45, 2.75) is 13.8 Å². The van der Waals surface area contributed by atoms with Crippen LogP contribution >= 0.6 is 0 Å². The Morgan fingerprint density at radius 3 is 1.32 bits per heavy atom. The molecule has 0 saturated carbocycles. The largest absolute Gasteiger partial charge is 0.489 e. The second-order valence-electron chi connectivity index (χ2n) is 10.2. The first kappa shape index (κ1) is 28.4. The Morgan fingerprint density at radius 2 is 0.909 bits per heavy atom. The lowest BCUT2D eigenvalue weighted by Gasteiger charge is -2.13. The van der Waals surface area contributed by atoms with Gasteiger partial charge in [0.15, 0.2) is 0 Å². The van der Waals surface area contributed by atoms with Crippen LogP contribution in [0.15, 0.2) is 131 Å². The second kappa shape index (κ2) is 12.6. The summed E-state index contributed by atoms with van der Waals surface area (Å²) in [5, 5.41) is 11.8. The third kappa shape index (κ3) is 5.91. The van der Waals surface area contributed by atoms with E-state index in [1.54, 1.807) is 0 Å². The molecule has 2 aliphatic heterocycles. The van der Waals surface area contributed by atoms with E-state index in [4.69, 9.17) is 9.47 Å². The van der Waals surface area contributed by atoms with Gasteiger partial charge in [0.05, 0.1) is 33.9 Å². The molecule has 0 atom stereocenters. The summed E-state index contributed by atoms with van der Waals surface area (Å²) in [5.74, 6) is 0.875. The smallest absolute Gasteiger partial charge is 0.280 e. The van der Waals surface area contributed by atoms with Crippen LogP contribution in [0, 0.1) is 0 Å². The van der Waals surface area contributed by atoms with Crippen molar-refractivity contribution < 1.29 is 19.1 Å². The summed E-state index contributed by atoms with van der Waals surface area (Å²) in [4.78, 5) is 26.4. The predicted octanol–water partition coefficient (Wildman–Crippen LogP) is 6.76. The molecule has 4 aromatic carbocycles. The number of amides is 2. The average Bonchev–Trinajstić information content (AvgIpc) is 3.50. The lowest BCUT2D eigenvalue weighted by molar-refractivity contribution is -0.115. The summed E-state index contributed by atoms with van der Waals surface area (Å²) in [5.41, 5.74) is 5.25. The molecule has 218 valence electrons. The molecule has 0 aromatic heterocycles. The van der Waals surface area contributed by atoms with Gasteiger partial charge in [-0.2, -0.15) is 20.2 Å². The van der Waals surface area contributed by atoms with E-state index in [1.807, 2.05) is 135 Å². The molecule has 0 N–H and O–H groups in total. The van der Waals surface area contributed by atoms with Crippen LogP contribution in [-0.4, -0.2) is 36.5 Å². The van der Waals surface area contributed by atoms with Gasteiger partial charge in [-0.15, -0.1) is 0 Å². The van der Waals surface area contributed by atoms with Gasteiger partial charge in [0, 0.05) is 11.1 Å². The maximum Gasteiger partial charge on any atom is 0.280 e. The van der Waals surface area contributed by atoms with Crippen molar-refractivity contribution in [3.05, 3.63) is 131 Å². The average molecular weight is 583 g/mol. The lowest BCUT2D eigenvalue weighted by Crippen LogP contribution is -2.21. The molecule has 0 bridgehead atoms. The molecular formula is C36H30N4O4. The van der Waals surface area contributed by atoms with Gasteiger partial charge in [-0.3, -0.25) is 9.59 Å². The summed E-state index contributed by atoms with van der Waals surface area (Å²) >= 11 is 0. The number of ether oxygens (including phenoxy) is 2. The van der Waals surface area contributed by atoms with Crippen LogP contribution in [0.2, 0.25) is 0 Å². The van der Waals surface area contributed by atoms with Crippen molar-refractivity contribution in [1.29, 1.82) is 0 Å². The molecule has 0 fully saturated rings. The number of hydrogen-bond donors (Lipinski definition) is 0. The van der Waals surface area contributed by atoms with Crippen LogP contribution in [-0.2, 0) is 9.59 Å². The monoisotopic (exact) mass is 582 g/mol. The summed E-state index contributed by atoms with van der Waals surface area (Å²) in [6.45, 7) is 4.18. The molecule has 2 heterocycles. The predicted molar refractivity (Wildman–Crippen MR) is 174 cm³/mol. The van der Waals surface area contributed by atoms with Crippen molar-refractivity contribution in [1.82, 2.24) is 0 Å². The standard InChI is InChI=1S/C36H30N4O4/c1-25-31(35(41)39(37-25)29-15-5-3-6-16-29)23-27-13-9-11-19-33(27)43-21-22-44-34-20-12-10-14-28(34)24-32-26(2)38-40(36(32)42)30-17-7-4-8-18-30/h3-20,23-24H,21-22H2,1-2H3/b31-23-,32-24-. The summed E-state index contributed by atoms with van der Waals surface area (Å²) < 4.78 is 12.2. The first-order valence-corrected chi connectivity index (χ1v) is 14.3. The number of benzene rings is 4. The van der Waals surface area contributed by atoms with Gasteiger partial charge in [-0.1, -0.05) is 72.8 Å². The van der Waals surface area contributed by atoms with Gasteiger partial charge in [0.25, 0.3) is 11.8 Å². The molecular weight excluding hydrogens is 552 g/mol. The Kier molecular flexibility index (Phi) is 8.14. The lowest BCUT2D eigenvalue weighted by atomic mass is 10.1. The topological polar surface area (TPSA) is 83.8 Å². The highest BCUT2D eigenvalue weighted by Gasteiger charge is 2.30. The Hall–Kier alpha value is -5.76. The molecule has 2 amide bonds. The Bertz CT molecular complexity index is 1690. The number of rotatable bonds is 9. The molecule has 0 saturated heterocycles. The van der Waals surface area contributed by atoms with E-state index in [9.17, 15) is 9.59 Å². The molecule has 6 rings (SSSR count). The molecule has 0 unspecified atom stereocenters. The molecule has 2 aliphatic rings. The van der Waals surface area contributed by atoms with Crippen LogP contribution in [0.5, 0.6) is 11.5 Å². The van der Waals surface area contributed by atoms with Crippen molar-refractivity contribution in [2.24, 2.45) is 10.2 Å². The van der Waals surface area contributed by atoms with E-state index in [0.29, 0.717) is 45.4 Å². The van der Waals surface area contributed by atoms with Gasteiger partial charge < -0.3 is 9.47 Å². The van der Waals surface area contributed by atoms with Crippen LogP contribution in [0.3, 0.4) is 0 Å². The molecule has 0 radical (unpaired) electrons. The Morgan fingerprint density at radius 1 is 0.545 bits per heavy atom. The molecule has 8 nitrogen and oxygen atoms in total. The third-order valence-corrected chi connectivity index (χ3v) is 7.16. The SMILES string of the molecule is CC1=NN(c2ccccc2)C(=O)/C1=C\c1ccccc1OCCOc1ccccc1/C=C1\C(=O)N(c2ccccc2)N=C1C. The Labute approximate surface area is 255 Å². The van der Waals surface area contributed by atoms with E-state index in [0.717, 1.165) is 11.1 Å². The van der Waals surface area contributed by atoms with Gasteiger partial charge >= 0.3 is 0 Å². The van der Waals surface area contributed by atoms with Crippen LogP contribution in [0.25, 0.3) is 12.2 Å². The first-order chi connectivity index (χ1) is 21.5. The van der Waals surface area contributed by atoms with Crippen LogP contribution in [0.4, 0.5) is 11.4 Å². The summed E-state index contributed by atoms with van der Waals surface area (Å²) in [6.07, 6.45) is 3.62. The molecule has 0 spiro atoms. The molecule has 4 aromatic rings. The minimum absolute atomic E-state index is 0.189. The number of carbonyl (C=O) groups is 2. The van der Waals surface area contributed by atoms with E-state index < -0.39 is 0 Å². The number of para-hydroxylation sites is 4. The highest BCUT2D eigenvalue weighted by Crippen LogP contribution is 2.29. The zero-order chi connectivity index (χ0) is 30.5. The van der Waals surface area contributed by atoms with Gasteiger partial charge in [-0.05, 0) is 62.4 Å². The molecule has 0 aliphatic carbocycles. The van der Waals surface area contributed by atoms with Crippen LogP contribution < -0.4 is 19.5 Å². The van der Waals surface area contributed by atoms with E-state index in [-0.39, 0.29) is 25.0 Å². The first-order valence-electron chi connectivity index (χ1n) is 14.3. The fourth-order valence-corrected chi connectivity index (χ4v) is 4.93. The Balaban J connectivity index is 1.12. The van der Waals surface area contributed by atoms with Crippen molar-refractivity contribution in [3.8, 4) is 11.5 Å². The normalized spacial score (nSPS) is 16.5. The summed E-state index contributed by atoms with van der Waals surface area (Å²) in [6, 6.07) is 33.8. The van der Waals surface area contributed by atoms with Gasteiger partial charge in [0.2, 0.25) is 0 Å². The number of carbonyl (C=O) groups excluding carboxylic acids is 2. The summed E-state index contributed by atoms with van der Waals surface area (Å²) in [7, 11) is 0. The second-order valence-corrected chi connectivity index (χ2v) is 10.2. The molecule has 44 heavy (non-hydrogen) atoms. The number of anilines is 2.